The van der Waals surface area contributed by atoms with Crippen molar-refractivity contribution >= 4 is 34.8 Å². The van der Waals surface area contributed by atoms with Gasteiger partial charge in [-0.25, -0.2) is 4.98 Å². The molecule has 2 rings (SSSR count). The lowest BCUT2D eigenvalue weighted by atomic mass is 9.97. The van der Waals surface area contributed by atoms with Crippen LogP contribution in [0.25, 0.3) is 11.4 Å². The van der Waals surface area contributed by atoms with Crippen LogP contribution >= 0.6 is 23.7 Å². The van der Waals surface area contributed by atoms with Gasteiger partial charge in [0.1, 0.15) is 5.69 Å². The number of carbonyl (C=O) groups is 1. The van der Waals surface area contributed by atoms with Gasteiger partial charge in [0.2, 0.25) is 5.91 Å². The molecule has 3 N–H and O–H groups in total. The second kappa shape index (κ2) is 7.49. The Morgan fingerprint density at radius 3 is 2.81 bits per heavy atom. The quantitative estimate of drug-likeness (QED) is 0.884. The first-order valence-electron chi connectivity index (χ1n) is 6.50. The van der Waals surface area contributed by atoms with E-state index in [-0.39, 0.29) is 18.3 Å². The van der Waals surface area contributed by atoms with Crippen molar-refractivity contribution in [2.24, 2.45) is 5.73 Å². The Labute approximate surface area is 134 Å². The Morgan fingerprint density at radius 1 is 1.43 bits per heavy atom. The number of aromatic nitrogens is 2. The van der Waals surface area contributed by atoms with E-state index in [0.717, 1.165) is 17.8 Å². The standard InChI is InChI=1S/C14H18N4OS.ClH/c1-3-7-14(2,15)12(19)18-13-17-11(9-20-13)10-6-4-5-8-16-10;/h4-6,8-9H,3,7,15H2,1-2H3,(H,17,18,19);1H. The number of amides is 1. The molecule has 2 heterocycles. The number of nitrogens with one attached hydrogen (secondary N) is 1. The van der Waals surface area contributed by atoms with Crippen LogP contribution in [0.2, 0.25) is 0 Å². The minimum Gasteiger partial charge on any atom is -0.318 e. The summed E-state index contributed by atoms with van der Waals surface area (Å²) in [5, 5.41) is 5.18. The average Bonchev–Trinajstić information content (AvgIpc) is 2.88. The summed E-state index contributed by atoms with van der Waals surface area (Å²) in [6.07, 6.45) is 3.21. The van der Waals surface area contributed by atoms with Crippen LogP contribution in [-0.4, -0.2) is 21.4 Å². The molecule has 0 bridgehead atoms. The number of anilines is 1. The maximum absolute atomic E-state index is 12.1. The SMILES string of the molecule is CCCC(C)(N)C(=O)Nc1nc(-c2ccccn2)cs1.Cl. The Hall–Kier alpha value is -1.50. The van der Waals surface area contributed by atoms with Crippen molar-refractivity contribution < 1.29 is 4.79 Å². The highest BCUT2D eigenvalue weighted by molar-refractivity contribution is 7.14. The Kier molecular flexibility index (Phi) is 6.26. The van der Waals surface area contributed by atoms with Crippen molar-refractivity contribution in [3.63, 3.8) is 0 Å². The summed E-state index contributed by atoms with van der Waals surface area (Å²) in [6, 6.07) is 5.63. The van der Waals surface area contributed by atoms with E-state index in [9.17, 15) is 4.79 Å². The van der Waals surface area contributed by atoms with Gasteiger partial charge in [0.05, 0.1) is 11.2 Å². The number of thiazole rings is 1. The number of carbonyl (C=O) groups excluding carboxylic acids is 1. The number of pyridine rings is 1. The van der Waals surface area contributed by atoms with Crippen molar-refractivity contribution in [1.82, 2.24) is 9.97 Å². The number of nitrogens with two attached hydrogens (primary N) is 1. The Morgan fingerprint density at radius 2 is 2.19 bits per heavy atom. The lowest BCUT2D eigenvalue weighted by molar-refractivity contribution is -0.120. The smallest absolute Gasteiger partial charge is 0.245 e. The molecule has 1 unspecified atom stereocenters. The summed E-state index contributed by atoms with van der Waals surface area (Å²) in [5.41, 5.74) is 6.66. The molecule has 5 nitrogen and oxygen atoms in total. The van der Waals surface area contributed by atoms with Crippen molar-refractivity contribution in [3.8, 4) is 11.4 Å². The Bertz CT molecular complexity index is 586. The van der Waals surface area contributed by atoms with Crippen LogP contribution in [0.5, 0.6) is 0 Å². The molecule has 0 radical (unpaired) electrons. The highest BCUT2D eigenvalue weighted by atomic mass is 35.5. The number of hydrogen-bond donors (Lipinski definition) is 2. The second-order valence-electron chi connectivity index (χ2n) is 4.87. The fourth-order valence-electron chi connectivity index (χ4n) is 1.84. The normalized spacial score (nSPS) is 13.1. The van der Waals surface area contributed by atoms with Crippen LogP contribution in [0.4, 0.5) is 5.13 Å². The number of hydrogen-bond acceptors (Lipinski definition) is 5. The van der Waals surface area contributed by atoms with Crippen LogP contribution in [-0.2, 0) is 4.79 Å². The second-order valence-corrected chi connectivity index (χ2v) is 5.73. The van der Waals surface area contributed by atoms with Crippen molar-refractivity contribution in [3.05, 3.63) is 29.8 Å². The molecular weight excluding hydrogens is 308 g/mol. The third kappa shape index (κ3) is 4.49. The largest absolute Gasteiger partial charge is 0.318 e. The molecule has 1 amide bonds. The van der Waals surface area contributed by atoms with Gasteiger partial charge in [-0.2, -0.15) is 0 Å². The fraction of sp³-hybridized carbons (Fsp3) is 0.357. The number of halogens is 1. The van der Waals surface area contributed by atoms with Gasteiger partial charge < -0.3 is 11.1 Å². The monoisotopic (exact) mass is 326 g/mol. The first-order valence-corrected chi connectivity index (χ1v) is 7.38. The molecule has 0 spiro atoms. The molecule has 0 aliphatic carbocycles. The highest BCUT2D eigenvalue weighted by Gasteiger charge is 2.27. The van der Waals surface area contributed by atoms with E-state index in [1.807, 2.05) is 30.5 Å². The van der Waals surface area contributed by atoms with Gasteiger partial charge in [-0.05, 0) is 25.5 Å². The van der Waals surface area contributed by atoms with Crippen LogP contribution in [0.3, 0.4) is 0 Å². The topological polar surface area (TPSA) is 80.9 Å². The predicted molar refractivity (Wildman–Crippen MR) is 88.7 cm³/mol. The van der Waals surface area contributed by atoms with Gasteiger partial charge in [-0.1, -0.05) is 19.4 Å². The molecular formula is C14H19ClN4OS. The van der Waals surface area contributed by atoms with Crippen LogP contribution in [0.1, 0.15) is 26.7 Å². The molecule has 0 aromatic carbocycles. The first-order chi connectivity index (χ1) is 9.53. The summed E-state index contributed by atoms with van der Waals surface area (Å²) < 4.78 is 0. The van der Waals surface area contributed by atoms with Gasteiger partial charge >= 0.3 is 0 Å². The molecule has 0 aliphatic heterocycles. The van der Waals surface area contributed by atoms with Gasteiger partial charge in [0.25, 0.3) is 0 Å². The van der Waals surface area contributed by atoms with E-state index in [1.165, 1.54) is 11.3 Å². The zero-order valence-corrected chi connectivity index (χ0v) is 13.6. The summed E-state index contributed by atoms with van der Waals surface area (Å²) in [4.78, 5) is 20.7. The molecule has 21 heavy (non-hydrogen) atoms. The fourth-order valence-corrected chi connectivity index (χ4v) is 2.54. The number of rotatable bonds is 5. The maximum atomic E-state index is 12.1. The van der Waals surface area contributed by atoms with E-state index in [1.54, 1.807) is 13.1 Å². The van der Waals surface area contributed by atoms with E-state index in [0.29, 0.717) is 11.6 Å². The van der Waals surface area contributed by atoms with Crippen molar-refractivity contribution in [2.75, 3.05) is 5.32 Å². The molecule has 0 saturated heterocycles. The average molecular weight is 327 g/mol. The lowest BCUT2D eigenvalue weighted by Crippen LogP contribution is -2.48. The third-order valence-electron chi connectivity index (χ3n) is 2.94. The molecule has 2 aromatic heterocycles. The molecule has 1 atom stereocenters. The van der Waals surface area contributed by atoms with Crippen LogP contribution < -0.4 is 11.1 Å². The molecule has 0 saturated carbocycles. The van der Waals surface area contributed by atoms with Gasteiger partial charge in [0, 0.05) is 11.6 Å². The summed E-state index contributed by atoms with van der Waals surface area (Å²) in [7, 11) is 0. The molecule has 2 aromatic rings. The molecule has 0 fully saturated rings. The van der Waals surface area contributed by atoms with Crippen LogP contribution in [0.15, 0.2) is 29.8 Å². The van der Waals surface area contributed by atoms with Crippen LogP contribution in [0, 0.1) is 0 Å². The summed E-state index contributed by atoms with van der Waals surface area (Å²) in [5.74, 6) is -0.207. The lowest BCUT2D eigenvalue weighted by Gasteiger charge is -2.21. The highest BCUT2D eigenvalue weighted by Crippen LogP contribution is 2.24. The van der Waals surface area contributed by atoms with E-state index in [4.69, 9.17) is 5.73 Å². The van der Waals surface area contributed by atoms with E-state index < -0.39 is 5.54 Å². The predicted octanol–water partition coefficient (Wildman–Crippen LogP) is 3.08. The summed E-state index contributed by atoms with van der Waals surface area (Å²) >= 11 is 1.37. The zero-order chi connectivity index (χ0) is 14.6. The van der Waals surface area contributed by atoms with Gasteiger partial charge in [0.15, 0.2) is 5.13 Å². The minimum absolute atomic E-state index is 0. The third-order valence-corrected chi connectivity index (χ3v) is 3.70. The first kappa shape index (κ1) is 17.6. The summed E-state index contributed by atoms with van der Waals surface area (Å²) in [6.45, 7) is 3.74. The van der Waals surface area contributed by atoms with Gasteiger partial charge in [-0.3, -0.25) is 9.78 Å². The number of nitrogens with zero attached hydrogens (tertiary/aromatic N) is 2. The molecule has 114 valence electrons. The van der Waals surface area contributed by atoms with Crippen molar-refractivity contribution in [1.29, 1.82) is 0 Å². The minimum atomic E-state index is -0.869. The molecule has 7 heteroatoms. The van der Waals surface area contributed by atoms with E-state index >= 15 is 0 Å². The van der Waals surface area contributed by atoms with Crippen molar-refractivity contribution in [2.45, 2.75) is 32.2 Å². The zero-order valence-electron chi connectivity index (χ0n) is 12.0. The maximum Gasteiger partial charge on any atom is 0.245 e. The molecule has 0 aliphatic rings. The van der Waals surface area contributed by atoms with Gasteiger partial charge in [-0.15, -0.1) is 23.7 Å². The Balaban J connectivity index is 0.00000220. The van der Waals surface area contributed by atoms with E-state index in [2.05, 4.69) is 15.3 Å².